The molecule has 0 aliphatic heterocycles. The highest BCUT2D eigenvalue weighted by Crippen LogP contribution is 2.38. The highest BCUT2D eigenvalue weighted by molar-refractivity contribution is 6.13. The van der Waals surface area contributed by atoms with Gasteiger partial charge in [-0.3, -0.25) is 4.79 Å². The highest BCUT2D eigenvalue weighted by Gasteiger charge is 2.16. The number of aromatic nitrogens is 1. The molecule has 0 unspecified atom stereocenters. The Kier molecular flexibility index (Phi) is 4.71. The molecule has 182 valence electrons. The lowest BCUT2D eigenvalue weighted by atomic mass is 9.93. The summed E-state index contributed by atoms with van der Waals surface area (Å²) in [6.07, 6.45) is 0. The van der Waals surface area contributed by atoms with Crippen molar-refractivity contribution in [2.45, 2.75) is 0 Å². The van der Waals surface area contributed by atoms with Crippen molar-refractivity contribution >= 4 is 54.1 Å². The van der Waals surface area contributed by atoms with Crippen LogP contribution in [0.2, 0.25) is 0 Å². The smallest absolute Gasteiger partial charge is 0.194 e. The van der Waals surface area contributed by atoms with E-state index in [1.165, 1.54) is 21.8 Å². The summed E-state index contributed by atoms with van der Waals surface area (Å²) in [6.45, 7) is 0. The topological polar surface area (TPSA) is 22.0 Å². The molecule has 1 aromatic heterocycles. The van der Waals surface area contributed by atoms with Crippen LogP contribution in [0.15, 0.2) is 144 Å². The van der Waals surface area contributed by atoms with E-state index >= 15 is 0 Å². The van der Waals surface area contributed by atoms with Crippen molar-refractivity contribution in [3.8, 4) is 16.8 Å². The summed E-state index contributed by atoms with van der Waals surface area (Å²) >= 11 is 0. The summed E-state index contributed by atoms with van der Waals surface area (Å²) < 4.78 is 2.37. The fourth-order valence-corrected chi connectivity index (χ4v) is 6.26. The maximum Gasteiger partial charge on any atom is 0.194 e. The SMILES string of the molecule is O=c1c2ccccc2ccc2cccc(-c3cccc4c(-n5c6ccccc6c6ccccc65)cccc34)c12. The lowest BCUT2D eigenvalue weighted by Crippen LogP contribution is -2.01. The van der Waals surface area contributed by atoms with Gasteiger partial charge in [0.1, 0.15) is 0 Å². The Morgan fingerprint density at radius 1 is 0.385 bits per heavy atom. The van der Waals surface area contributed by atoms with Crippen molar-refractivity contribution < 1.29 is 0 Å². The molecule has 0 spiro atoms. The average Bonchev–Trinajstić information content (AvgIpc) is 3.25. The number of nitrogens with zero attached hydrogens (tertiary/aromatic N) is 1. The van der Waals surface area contributed by atoms with Gasteiger partial charge in [0.05, 0.1) is 16.7 Å². The molecule has 39 heavy (non-hydrogen) atoms. The molecule has 2 heteroatoms. The average molecular weight is 498 g/mol. The van der Waals surface area contributed by atoms with Gasteiger partial charge in [0, 0.05) is 26.9 Å². The van der Waals surface area contributed by atoms with Gasteiger partial charge in [-0.05, 0) is 45.5 Å². The zero-order chi connectivity index (χ0) is 25.9. The van der Waals surface area contributed by atoms with E-state index in [1.807, 2.05) is 36.4 Å². The van der Waals surface area contributed by atoms with Gasteiger partial charge in [0.25, 0.3) is 0 Å². The number of para-hydroxylation sites is 2. The molecule has 1 heterocycles. The van der Waals surface area contributed by atoms with E-state index < -0.39 is 0 Å². The summed E-state index contributed by atoms with van der Waals surface area (Å²) in [5, 5.41) is 8.16. The van der Waals surface area contributed by atoms with Crippen LogP contribution in [0.1, 0.15) is 0 Å². The van der Waals surface area contributed by atoms with E-state index in [1.54, 1.807) is 0 Å². The van der Waals surface area contributed by atoms with Crippen LogP contribution < -0.4 is 5.43 Å². The third-order valence-corrected chi connectivity index (χ3v) is 7.98. The highest BCUT2D eigenvalue weighted by atomic mass is 16.1. The van der Waals surface area contributed by atoms with Crippen LogP contribution in [0, 0.1) is 0 Å². The van der Waals surface area contributed by atoms with E-state index in [0.717, 1.165) is 49.1 Å². The van der Waals surface area contributed by atoms with Crippen molar-refractivity contribution in [1.82, 2.24) is 4.57 Å². The Hall–Kier alpha value is -5.21. The van der Waals surface area contributed by atoms with Crippen LogP contribution in [0.5, 0.6) is 0 Å². The van der Waals surface area contributed by atoms with Crippen LogP contribution >= 0.6 is 0 Å². The van der Waals surface area contributed by atoms with Gasteiger partial charge < -0.3 is 4.57 Å². The normalized spacial score (nSPS) is 11.7. The van der Waals surface area contributed by atoms with Gasteiger partial charge in [0.2, 0.25) is 0 Å². The first kappa shape index (κ1) is 21.8. The number of hydrogen-bond acceptors (Lipinski definition) is 1. The lowest BCUT2D eigenvalue weighted by Gasteiger charge is -2.14. The molecule has 8 aromatic rings. The second-order valence-electron chi connectivity index (χ2n) is 10.1. The van der Waals surface area contributed by atoms with Gasteiger partial charge in [-0.15, -0.1) is 0 Å². The fraction of sp³-hybridized carbons (Fsp3) is 0. The molecule has 0 bridgehead atoms. The predicted molar refractivity (Wildman–Crippen MR) is 165 cm³/mol. The van der Waals surface area contributed by atoms with Gasteiger partial charge in [0.15, 0.2) is 5.43 Å². The zero-order valence-corrected chi connectivity index (χ0v) is 21.1. The van der Waals surface area contributed by atoms with Gasteiger partial charge in [-0.25, -0.2) is 0 Å². The minimum atomic E-state index is 0.0664. The van der Waals surface area contributed by atoms with E-state index in [4.69, 9.17) is 0 Å². The number of hydrogen-bond donors (Lipinski definition) is 0. The molecule has 0 aliphatic rings. The van der Waals surface area contributed by atoms with E-state index in [2.05, 4.69) is 108 Å². The predicted octanol–water partition coefficient (Wildman–Crippen LogP) is 9.27. The molecule has 0 fully saturated rings. The van der Waals surface area contributed by atoms with Crippen molar-refractivity contribution in [3.63, 3.8) is 0 Å². The van der Waals surface area contributed by atoms with Crippen LogP contribution in [-0.2, 0) is 0 Å². The van der Waals surface area contributed by atoms with Crippen LogP contribution in [0.25, 0.3) is 70.9 Å². The van der Waals surface area contributed by atoms with Gasteiger partial charge in [-0.2, -0.15) is 0 Å². The van der Waals surface area contributed by atoms with Crippen LogP contribution in [-0.4, -0.2) is 4.57 Å². The number of fused-ring (bicyclic) bond motifs is 6. The summed E-state index contributed by atoms with van der Waals surface area (Å²) in [4.78, 5) is 14.0. The van der Waals surface area contributed by atoms with Crippen molar-refractivity contribution in [1.29, 1.82) is 0 Å². The summed E-state index contributed by atoms with van der Waals surface area (Å²) in [7, 11) is 0. The zero-order valence-electron chi connectivity index (χ0n) is 21.1. The third kappa shape index (κ3) is 3.19. The van der Waals surface area contributed by atoms with Crippen LogP contribution in [0.3, 0.4) is 0 Å². The van der Waals surface area contributed by atoms with E-state index in [-0.39, 0.29) is 5.43 Å². The Morgan fingerprint density at radius 3 is 1.72 bits per heavy atom. The third-order valence-electron chi connectivity index (χ3n) is 7.98. The molecule has 0 saturated heterocycles. The maximum absolute atomic E-state index is 14.0. The molecule has 8 rings (SSSR count). The lowest BCUT2D eigenvalue weighted by molar-refractivity contribution is 1.20. The molecule has 7 aromatic carbocycles. The molecule has 0 saturated carbocycles. The first-order chi connectivity index (χ1) is 19.3. The van der Waals surface area contributed by atoms with Gasteiger partial charge in [-0.1, -0.05) is 121 Å². The molecule has 0 radical (unpaired) electrons. The second-order valence-corrected chi connectivity index (χ2v) is 10.1. The Bertz CT molecular complexity index is 2260. The monoisotopic (exact) mass is 497 g/mol. The van der Waals surface area contributed by atoms with Crippen molar-refractivity contribution in [2.75, 3.05) is 0 Å². The summed E-state index contributed by atoms with van der Waals surface area (Å²) in [5.41, 5.74) is 5.59. The minimum absolute atomic E-state index is 0.0664. The molecule has 2 nitrogen and oxygen atoms in total. The van der Waals surface area contributed by atoms with Gasteiger partial charge >= 0.3 is 0 Å². The first-order valence-electron chi connectivity index (χ1n) is 13.2. The molecule has 0 amide bonds. The summed E-state index contributed by atoms with van der Waals surface area (Å²) in [6, 6.07) is 48.3. The summed E-state index contributed by atoms with van der Waals surface area (Å²) in [5.74, 6) is 0. The minimum Gasteiger partial charge on any atom is -0.309 e. The quantitative estimate of drug-likeness (QED) is 0.233. The Labute approximate surface area is 225 Å². The van der Waals surface area contributed by atoms with Crippen molar-refractivity contribution in [3.05, 3.63) is 150 Å². The number of benzene rings is 6. The fourth-order valence-electron chi connectivity index (χ4n) is 6.26. The molecule has 0 aliphatic carbocycles. The molecule has 0 atom stereocenters. The second kappa shape index (κ2) is 8.41. The van der Waals surface area contributed by atoms with E-state index in [9.17, 15) is 4.79 Å². The maximum atomic E-state index is 14.0. The van der Waals surface area contributed by atoms with Crippen LogP contribution in [0.4, 0.5) is 0 Å². The standard InChI is InChI=1S/C37H23NO/c39-37-26-12-2-1-10-24(26)22-23-25-11-7-18-32(36(25)37)28-15-8-17-29-27(28)16-9-21-35(29)38-33-19-5-3-13-30(33)31-14-4-6-20-34(31)38/h1-23H. The molecular formula is C37H23NO. The Morgan fingerprint density at radius 2 is 0.923 bits per heavy atom. The first-order valence-corrected chi connectivity index (χ1v) is 13.2. The Balaban J connectivity index is 1.48. The number of rotatable bonds is 2. The largest absolute Gasteiger partial charge is 0.309 e. The van der Waals surface area contributed by atoms with Crippen molar-refractivity contribution in [2.24, 2.45) is 0 Å². The molecular weight excluding hydrogens is 474 g/mol. The van der Waals surface area contributed by atoms with E-state index in [0.29, 0.717) is 0 Å². The molecule has 0 N–H and O–H groups in total.